The predicted octanol–water partition coefficient (Wildman–Crippen LogP) is 1.64. The number of nitrogens with one attached hydrogen (secondary N) is 1. The lowest BCUT2D eigenvalue weighted by molar-refractivity contribution is 0.0515. The molecule has 0 fully saturated rings. The maximum absolute atomic E-state index is 11.5. The number of carbonyl (C=O) groups is 1. The van der Waals surface area contributed by atoms with Crippen molar-refractivity contribution in [3.63, 3.8) is 0 Å². The summed E-state index contributed by atoms with van der Waals surface area (Å²) in [6.45, 7) is 5.26. The van der Waals surface area contributed by atoms with Gasteiger partial charge >= 0.3 is 5.97 Å². The number of halogens is 1. The molecule has 0 radical (unpaired) electrons. The van der Waals surface area contributed by atoms with Gasteiger partial charge < -0.3 is 4.74 Å². The molecule has 0 aromatic carbocycles. The van der Waals surface area contributed by atoms with Crippen LogP contribution in [0.2, 0.25) is 0 Å². The van der Waals surface area contributed by atoms with Gasteiger partial charge in [-0.2, -0.15) is 5.10 Å². The van der Waals surface area contributed by atoms with E-state index in [1.165, 1.54) is 0 Å². The van der Waals surface area contributed by atoms with Crippen molar-refractivity contribution in [1.82, 2.24) is 10.2 Å². The van der Waals surface area contributed by atoms with Gasteiger partial charge in [-0.25, -0.2) is 13.2 Å². The summed E-state index contributed by atoms with van der Waals surface area (Å²) in [6, 6.07) is 0. The molecule has 0 aliphatic carbocycles. The second-order valence-electron chi connectivity index (χ2n) is 3.63. The minimum Gasteiger partial charge on any atom is -0.461 e. The number of esters is 1. The molecule has 0 saturated heterocycles. The molecule has 1 aromatic heterocycles. The molecule has 1 rings (SSSR count). The van der Waals surface area contributed by atoms with Crippen molar-refractivity contribution < 1.29 is 17.9 Å². The van der Waals surface area contributed by atoms with E-state index in [9.17, 15) is 13.2 Å². The van der Waals surface area contributed by atoms with Crippen molar-refractivity contribution in [3.05, 3.63) is 11.4 Å². The van der Waals surface area contributed by atoms with E-state index in [1.54, 1.807) is 20.8 Å². The van der Waals surface area contributed by atoms with Crippen LogP contribution in [0.25, 0.3) is 0 Å². The molecule has 8 heteroatoms. The number of H-pyrrole nitrogens is 1. The zero-order valence-corrected chi connectivity index (χ0v) is 11.2. The number of rotatable bonds is 4. The third-order valence-corrected chi connectivity index (χ3v) is 3.40. The van der Waals surface area contributed by atoms with Crippen molar-refractivity contribution in [3.8, 4) is 0 Å². The van der Waals surface area contributed by atoms with Gasteiger partial charge in [0.25, 0.3) is 9.05 Å². The first-order valence-electron chi connectivity index (χ1n) is 4.99. The van der Waals surface area contributed by atoms with Gasteiger partial charge in [-0.15, -0.1) is 0 Å². The quantitative estimate of drug-likeness (QED) is 0.669. The molecule has 1 N–H and O–H groups in total. The summed E-state index contributed by atoms with van der Waals surface area (Å²) < 4.78 is 27.6. The average Bonchev–Trinajstić information content (AvgIpc) is 2.61. The summed E-state index contributed by atoms with van der Waals surface area (Å²) in [5, 5.41) is 6.16. The summed E-state index contributed by atoms with van der Waals surface area (Å²) in [6.07, 6.45) is 0. The summed E-state index contributed by atoms with van der Waals surface area (Å²) in [5.74, 6) is -0.968. The Labute approximate surface area is 104 Å². The third kappa shape index (κ3) is 2.98. The molecule has 1 aromatic rings. The topological polar surface area (TPSA) is 89.1 Å². The zero-order valence-electron chi connectivity index (χ0n) is 9.65. The molecule has 0 aliphatic rings. The number of hydrogen-bond donors (Lipinski definition) is 1. The minimum absolute atomic E-state index is 0.129. The fourth-order valence-corrected chi connectivity index (χ4v) is 2.69. The molecule has 0 bridgehead atoms. The van der Waals surface area contributed by atoms with Gasteiger partial charge in [-0.3, -0.25) is 5.10 Å². The molecule has 0 aliphatic heterocycles. The SMILES string of the molecule is CCOC(=O)c1n[nH]c(C(C)C)c1S(=O)(=O)Cl. The normalized spacial score (nSPS) is 11.8. The molecule has 0 spiro atoms. The van der Waals surface area contributed by atoms with Crippen molar-refractivity contribution in [2.45, 2.75) is 31.6 Å². The number of carbonyl (C=O) groups excluding carboxylic acids is 1. The largest absolute Gasteiger partial charge is 0.461 e. The molecule has 0 amide bonds. The number of aromatic amines is 1. The van der Waals surface area contributed by atoms with Crippen LogP contribution in [0.15, 0.2) is 4.90 Å². The Morgan fingerprint density at radius 1 is 1.53 bits per heavy atom. The van der Waals surface area contributed by atoms with E-state index in [0.29, 0.717) is 5.69 Å². The third-order valence-electron chi connectivity index (χ3n) is 2.04. The Hall–Kier alpha value is -1.08. The van der Waals surface area contributed by atoms with E-state index in [2.05, 4.69) is 10.2 Å². The van der Waals surface area contributed by atoms with Crippen molar-refractivity contribution in [2.24, 2.45) is 0 Å². The highest BCUT2D eigenvalue weighted by molar-refractivity contribution is 8.13. The Morgan fingerprint density at radius 3 is 2.53 bits per heavy atom. The van der Waals surface area contributed by atoms with Crippen LogP contribution < -0.4 is 0 Å². The van der Waals surface area contributed by atoms with Crippen LogP contribution in [0.5, 0.6) is 0 Å². The van der Waals surface area contributed by atoms with E-state index >= 15 is 0 Å². The molecular weight excluding hydrogens is 268 g/mol. The van der Waals surface area contributed by atoms with Crippen LogP contribution in [-0.4, -0.2) is 31.2 Å². The van der Waals surface area contributed by atoms with Gasteiger partial charge in [0.2, 0.25) is 0 Å². The highest BCUT2D eigenvalue weighted by Crippen LogP contribution is 2.28. The van der Waals surface area contributed by atoms with Crippen LogP contribution in [0.3, 0.4) is 0 Å². The van der Waals surface area contributed by atoms with Crippen LogP contribution in [0, 0.1) is 0 Å². The molecular formula is C9H13ClN2O4S. The van der Waals surface area contributed by atoms with Gasteiger partial charge in [0, 0.05) is 10.7 Å². The fraction of sp³-hybridized carbons (Fsp3) is 0.556. The first-order chi connectivity index (χ1) is 7.79. The molecule has 0 unspecified atom stereocenters. The number of ether oxygens (including phenoxy) is 1. The second kappa shape index (κ2) is 5.05. The van der Waals surface area contributed by atoms with Crippen molar-refractivity contribution in [1.29, 1.82) is 0 Å². The highest BCUT2D eigenvalue weighted by Gasteiger charge is 2.30. The van der Waals surface area contributed by atoms with E-state index in [1.807, 2.05) is 0 Å². The standard InChI is InChI=1S/C9H13ClN2O4S/c1-4-16-9(13)7-8(17(10,14)15)6(5(2)3)11-12-7/h5H,4H2,1-3H3,(H,11,12). The second-order valence-corrected chi connectivity index (χ2v) is 6.13. The number of nitrogens with zero attached hydrogens (tertiary/aromatic N) is 1. The Bertz CT molecular complexity index is 521. The van der Waals surface area contributed by atoms with Crippen LogP contribution >= 0.6 is 10.7 Å². The lowest BCUT2D eigenvalue weighted by Crippen LogP contribution is -2.10. The summed E-state index contributed by atoms with van der Waals surface area (Å²) in [7, 11) is 1.25. The average molecular weight is 281 g/mol. The Kier molecular flexibility index (Phi) is 4.16. The smallest absolute Gasteiger partial charge is 0.360 e. The van der Waals surface area contributed by atoms with Gasteiger partial charge in [0.05, 0.1) is 12.3 Å². The van der Waals surface area contributed by atoms with E-state index < -0.39 is 15.0 Å². The Morgan fingerprint density at radius 2 is 2.12 bits per heavy atom. The maximum atomic E-state index is 11.5. The zero-order chi connectivity index (χ0) is 13.2. The van der Waals surface area contributed by atoms with Crippen LogP contribution in [-0.2, 0) is 13.8 Å². The molecule has 0 atom stereocenters. The van der Waals surface area contributed by atoms with Crippen LogP contribution in [0.4, 0.5) is 0 Å². The lowest BCUT2D eigenvalue weighted by atomic mass is 10.1. The summed E-state index contributed by atoms with van der Waals surface area (Å²) >= 11 is 0. The fourth-order valence-electron chi connectivity index (χ4n) is 1.32. The molecule has 6 nitrogen and oxygen atoms in total. The minimum atomic E-state index is -4.05. The maximum Gasteiger partial charge on any atom is 0.360 e. The van der Waals surface area contributed by atoms with Gasteiger partial charge in [0.15, 0.2) is 5.69 Å². The summed E-state index contributed by atoms with van der Waals surface area (Å²) in [5.41, 5.74) is -0.00592. The highest BCUT2D eigenvalue weighted by atomic mass is 35.7. The van der Waals surface area contributed by atoms with Crippen molar-refractivity contribution in [2.75, 3.05) is 6.61 Å². The lowest BCUT2D eigenvalue weighted by Gasteiger charge is -2.04. The number of hydrogen-bond acceptors (Lipinski definition) is 5. The monoisotopic (exact) mass is 280 g/mol. The van der Waals surface area contributed by atoms with Gasteiger partial charge in [0.1, 0.15) is 4.90 Å². The van der Waals surface area contributed by atoms with Gasteiger partial charge in [-0.05, 0) is 12.8 Å². The molecule has 17 heavy (non-hydrogen) atoms. The molecule has 96 valence electrons. The van der Waals surface area contributed by atoms with E-state index in [4.69, 9.17) is 15.4 Å². The molecule has 1 heterocycles. The molecule has 0 saturated carbocycles. The van der Waals surface area contributed by atoms with Gasteiger partial charge in [-0.1, -0.05) is 13.8 Å². The van der Waals surface area contributed by atoms with E-state index in [-0.39, 0.29) is 23.1 Å². The number of aromatic nitrogens is 2. The van der Waals surface area contributed by atoms with E-state index in [0.717, 1.165) is 0 Å². The Balaban J connectivity index is 3.39. The predicted molar refractivity (Wildman–Crippen MR) is 61.7 cm³/mol. The van der Waals surface area contributed by atoms with Crippen LogP contribution in [0.1, 0.15) is 42.9 Å². The summed E-state index contributed by atoms with van der Waals surface area (Å²) in [4.78, 5) is 11.2. The first-order valence-corrected chi connectivity index (χ1v) is 7.30. The first kappa shape index (κ1) is 14.0. The van der Waals surface area contributed by atoms with Crippen molar-refractivity contribution >= 4 is 25.7 Å².